The maximum atomic E-state index is 11.5. The number of hydrogen-bond donors (Lipinski definition) is 2. The third kappa shape index (κ3) is 4.91. The van der Waals surface area contributed by atoms with Gasteiger partial charge in [-0.1, -0.05) is 37.3 Å². The average Bonchev–Trinajstić information content (AvgIpc) is 3.21. The Morgan fingerprint density at radius 3 is 2.52 bits per heavy atom. The molecule has 1 saturated carbocycles. The Kier molecular flexibility index (Phi) is 4.92. The van der Waals surface area contributed by atoms with Gasteiger partial charge >= 0.3 is 12.0 Å². The van der Waals surface area contributed by atoms with Crippen molar-refractivity contribution in [3.8, 4) is 0 Å². The summed E-state index contributed by atoms with van der Waals surface area (Å²) in [6.45, 7) is 1.84. The molecular formula is C15H18N2O4. The minimum Gasteiger partial charge on any atom is -0.455 e. The van der Waals surface area contributed by atoms with E-state index in [1.165, 1.54) is 0 Å². The second-order valence-corrected chi connectivity index (χ2v) is 5.14. The fourth-order valence-corrected chi connectivity index (χ4v) is 1.88. The first-order valence-corrected chi connectivity index (χ1v) is 6.84. The van der Waals surface area contributed by atoms with Gasteiger partial charge in [0.15, 0.2) is 6.61 Å². The molecule has 1 aliphatic rings. The SMILES string of the molecule is C[C@@H]1C[C@@H]1C(=O)OCC(=O)NC(=O)NCc1ccccc1. The van der Waals surface area contributed by atoms with Crippen LogP contribution in [0.1, 0.15) is 18.9 Å². The van der Waals surface area contributed by atoms with Crippen LogP contribution in [0.3, 0.4) is 0 Å². The Morgan fingerprint density at radius 2 is 1.90 bits per heavy atom. The van der Waals surface area contributed by atoms with E-state index >= 15 is 0 Å². The highest BCUT2D eigenvalue weighted by atomic mass is 16.5. The minimum absolute atomic E-state index is 0.0929. The first-order valence-electron chi connectivity index (χ1n) is 6.84. The van der Waals surface area contributed by atoms with E-state index in [2.05, 4.69) is 10.6 Å². The van der Waals surface area contributed by atoms with Crippen LogP contribution in [0.2, 0.25) is 0 Å². The van der Waals surface area contributed by atoms with Crippen molar-refractivity contribution < 1.29 is 19.1 Å². The molecule has 0 saturated heterocycles. The number of esters is 1. The van der Waals surface area contributed by atoms with E-state index < -0.39 is 18.5 Å². The smallest absolute Gasteiger partial charge is 0.321 e. The number of hydrogen-bond acceptors (Lipinski definition) is 4. The number of amides is 3. The van der Waals surface area contributed by atoms with Crippen LogP contribution in [0.4, 0.5) is 4.79 Å². The standard InChI is InChI=1S/C15H18N2O4/c1-10-7-12(10)14(19)21-9-13(18)17-15(20)16-8-11-5-3-2-4-6-11/h2-6,10,12H,7-9H2,1H3,(H2,16,17,18,20)/t10-,12+/m1/s1. The fourth-order valence-electron chi connectivity index (χ4n) is 1.88. The van der Waals surface area contributed by atoms with E-state index in [-0.39, 0.29) is 11.9 Å². The first kappa shape index (κ1) is 15.0. The van der Waals surface area contributed by atoms with E-state index in [0.717, 1.165) is 12.0 Å². The zero-order valence-electron chi connectivity index (χ0n) is 11.8. The Hall–Kier alpha value is -2.37. The molecule has 0 heterocycles. The molecule has 2 atom stereocenters. The lowest BCUT2D eigenvalue weighted by Gasteiger charge is -2.07. The van der Waals surface area contributed by atoms with Crippen molar-refractivity contribution in [2.45, 2.75) is 19.9 Å². The molecule has 3 amide bonds. The van der Waals surface area contributed by atoms with Crippen molar-refractivity contribution in [2.75, 3.05) is 6.61 Å². The Bertz CT molecular complexity index is 530. The molecular weight excluding hydrogens is 272 g/mol. The van der Waals surface area contributed by atoms with Gasteiger partial charge in [-0.3, -0.25) is 14.9 Å². The number of nitrogens with one attached hydrogen (secondary N) is 2. The topological polar surface area (TPSA) is 84.5 Å². The number of imide groups is 1. The molecule has 0 radical (unpaired) electrons. The number of rotatable bonds is 5. The Balaban J connectivity index is 1.63. The maximum absolute atomic E-state index is 11.5. The van der Waals surface area contributed by atoms with Crippen molar-refractivity contribution in [2.24, 2.45) is 11.8 Å². The summed E-state index contributed by atoms with van der Waals surface area (Å²) in [6, 6.07) is 8.71. The minimum atomic E-state index is -0.637. The third-order valence-electron chi connectivity index (χ3n) is 3.31. The normalized spacial score (nSPS) is 19.5. The molecule has 2 N–H and O–H groups in total. The number of benzene rings is 1. The van der Waals surface area contributed by atoms with Crippen LogP contribution < -0.4 is 10.6 Å². The van der Waals surface area contributed by atoms with Crippen molar-refractivity contribution >= 4 is 17.9 Å². The molecule has 1 fully saturated rings. The molecule has 21 heavy (non-hydrogen) atoms. The molecule has 0 unspecified atom stereocenters. The quantitative estimate of drug-likeness (QED) is 0.798. The van der Waals surface area contributed by atoms with Gasteiger partial charge in [0.25, 0.3) is 5.91 Å². The average molecular weight is 290 g/mol. The third-order valence-corrected chi connectivity index (χ3v) is 3.31. The number of carbonyl (C=O) groups excluding carboxylic acids is 3. The molecule has 0 bridgehead atoms. The first-order chi connectivity index (χ1) is 10.1. The molecule has 0 aromatic heterocycles. The Morgan fingerprint density at radius 1 is 1.24 bits per heavy atom. The fraction of sp³-hybridized carbons (Fsp3) is 0.400. The second-order valence-electron chi connectivity index (χ2n) is 5.14. The van der Waals surface area contributed by atoms with Crippen LogP contribution in [-0.4, -0.2) is 24.5 Å². The van der Waals surface area contributed by atoms with E-state index in [1.807, 2.05) is 37.3 Å². The number of urea groups is 1. The predicted molar refractivity (Wildman–Crippen MR) is 75.1 cm³/mol. The predicted octanol–water partition coefficient (Wildman–Crippen LogP) is 1.21. The molecule has 112 valence electrons. The summed E-state index contributed by atoms with van der Waals surface area (Å²) >= 11 is 0. The summed E-state index contributed by atoms with van der Waals surface area (Å²) in [6.07, 6.45) is 0.804. The van der Waals surface area contributed by atoms with E-state index in [0.29, 0.717) is 12.5 Å². The lowest BCUT2D eigenvalue weighted by atomic mass is 10.2. The van der Waals surface area contributed by atoms with Gasteiger partial charge in [-0.05, 0) is 17.9 Å². The Labute approximate surface area is 122 Å². The highest BCUT2D eigenvalue weighted by Crippen LogP contribution is 2.38. The van der Waals surface area contributed by atoms with Gasteiger partial charge in [0.2, 0.25) is 0 Å². The summed E-state index contributed by atoms with van der Waals surface area (Å²) in [5.41, 5.74) is 0.925. The van der Waals surface area contributed by atoms with Crippen molar-refractivity contribution in [3.05, 3.63) is 35.9 Å². The van der Waals surface area contributed by atoms with Crippen molar-refractivity contribution in [3.63, 3.8) is 0 Å². The molecule has 2 rings (SSSR count). The lowest BCUT2D eigenvalue weighted by molar-refractivity contribution is -0.149. The van der Waals surface area contributed by atoms with Crippen LogP contribution in [0, 0.1) is 11.8 Å². The van der Waals surface area contributed by atoms with Gasteiger partial charge in [0.1, 0.15) is 0 Å². The molecule has 6 nitrogen and oxygen atoms in total. The van der Waals surface area contributed by atoms with Gasteiger partial charge in [-0.2, -0.15) is 0 Å². The monoisotopic (exact) mass is 290 g/mol. The van der Waals surface area contributed by atoms with E-state index in [9.17, 15) is 14.4 Å². The van der Waals surface area contributed by atoms with Crippen molar-refractivity contribution in [1.29, 1.82) is 0 Å². The van der Waals surface area contributed by atoms with Crippen LogP contribution in [0.15, 0.2) is 30.3 Å². The molecule has 0 spiro atoms. The number of ether oxygens (including phenoxy) is 1. The maximum Gasteiger partial charge on any atom is 0.321 e. The molecule has 6 heteroatoms. The van der Waals surface area contributed by atoms with Crippen molar-refractivity contribution in [1.82, 2.24) is 10.6 Å². The summed E-state index contributed by atoms with van der Waals surface area (Å²) in [7, 11) is 0. The summed E-state index contributed by atoms with van der Waals surface area (Å²) in [4.78, 5) is 34.3. The lowest BCUT2D eigenvalue weighted by Crippen LogP contribution is -2.41. The van der Waals surface area contributed by atoms with Crippen LogP contribution in [0.5, 0.6) is 0 Å². The van der Waals surface area contributed by atoms with Gasteiger partial charge in [-0.25, -0.2) is 4.79 Å². The van der Waals surface area contributed by atoms with E-state index in [1.54, 1.807) is 0 Å². The largest absolute Gasteiger partial charge is 0.455 e. The van der Waals surface area contributed by atoms with Crippen LogP contribution in [-0.2, 0) is 20.9 Å². The van der Waals surface area contributed by atoms with E-state index in [4.69, 9.17) is 4.74 Å². The van der Waals surface area contributed by atoms with Gasteiger partial charge in [0.05, 0.1) is 5.92 Å². The molecule has 1 aromatic rings. The summed E-state index contributed by atoms with van der Waals surface area (Å²) in [5.74, 6) is -0.774. The number of carbonyl (C=O) groups is 3. The molecule has 1 aliphatic carbocycles. The summed E-state index contributed by atoms with van der Waals surface area (Å²) < 4.78 is 4.83. The molecule has 1 aromatic carbocycles. The van der Waals surface area contributed by atoms with Gasteiger partial charge in [0, 0.05) is 6.54 Å². The highest BCUT2D eigenvalue weighted by Gasteiger charge is 2.40. The second kappa shape index (κ2) is 6.88. The zero-order chi connectivity index (χ0) is 15.2. The van der Waals surface area contributed by atoms with Gasteiger partial charge in [-0.15, -0.1) is 0 Å². The van der Waals surface area contributed by atoms with Gasteiger partial charge < -0.3 is 10.1 Å². The highest BCUT2D eigenvalue weighted by molar-refractivity contribution is 5.95. The molecule has 0 aliphatic heterocycles. The van der Waals surface area contributed by atoms with Crippen LogP contribution >= 0.6 is 0 Å². The zero-order valence-corrected chi connectivity index (χ0v) is 11.8. The van der Waals surface area contributed by atoms with Crippen LogP contribution in [0.25, 0.3) is 0 Å². The summed E-state index contributed by atoms with van der Waals surface area (Å²) in [5, 5.41) is 4.66.